The van der Waals surface area contributed by atoms with Crippen molar-refractivity contribution < 1.29 is 23.8 Å². The van der Waals surface area contributed by atoms with E-state index in [1.165, 1.54) is 24.0 Å². The largest absolute Gasteiger partial charge is 0.497 e. The summed E-state index contributed by atoms with van der Waals surface area (Å²) in [6.07, 6.45) is 4.68. The second-order valence-electron chi connectivity index (χ2n) is 7.15. The molecule has 2 aromatic carbocycles. The van der Waals surface area contributed by atoms with E-state index in [0.717, 1.165) is 18.4 Å². The molecule has 0 bridgehead atoms. The first-order valence-corrected chi connectivity index (χ1v) is 9.88. The third kappa shape index (κ3) is 5.98. The Balaban J connectivity index is 1.41. The van der Waals surface area contributed by atoms with Gasteiger partial charge in [0.2, 0.25) is 0 Å². The molecule has 0 saturated heterocycles. The van der Waals surface area contributed by atoms with Crippen molar-refractivity contribution in [3.8, 4) is 11.5 Å². The lowest BCUT2D eigenvalue weighted by Crippen LogP contribution is -2.32. The van der Waals surface area contributed by atoms with E-state index in [9.17, 15) is 9.59 Å². The van der Waals surface area contributed by atoms with Gasteiger partial charge in [0.05, 0.1) is 13.2 Å². The number of aryl methyl sites for hydroxylation is 2. The van der Waals surface area contributed by atoms with Gasteiger partial charge in [-0.3, -0.25) is 4.79 Å². The zero-order chi connectivity index (χ0) is 20.6. The van der Waals surface area contributed by atoms with E-state index in [2.05, 4.69) is 23.5 Å². The number of carbonyl (C=O) groups is 2. The molecule has 154 valence electrons. The summed E-state index contributed by atoms with van der Waals surface area (Å²) in [7, 11) is 1.57. The van der Waals surface area contributed by atoms with Gasteiger partial charge < -0.3 is 19.5 Å². The highest BCUT2D eigenvalue weighted by Gasteiger charge is 2.15. The highest BCUT2D eigenvalue weighted by Crippen LogP contribution is 2.24. The van der Waals surface area contributed by atoms with E-state index in [1.54, 1.807) is 31.4 Å². The Labute approximate surface area is 171 Å². The first-order chi connectivity index (χ1) is 14.0. The van der Waals surface area contributed by atoms with E-state index in [-0.39, 0.29) is 25.2 Å². The van der Waals surface area contributed by atoms with Gasteiger partial charge in [-0.2, -0.15) is 0 Å². The summed E-state index contributed by atoms with van der Waals surface area (Å²) in [6.45, 7) is 1.33. The van der Waals surface area contributed by atoms with Crippen molar-refractivity contribution in [2.24, 2.45) is 0 Å². The predicted octanol–water partition coefficient (Wildman–Crippen LogP) is 3.37. The summed E-state index contributed by atoms with van der Waals surface area (Å²) in [5, 5.41) is 2.87. The molecule has 1 aliphatic carbocycles. The van der Waals surface area contributed by atoms with Crippen LogP contribution in [0.3, 0.4) is 0 Å². The van der Waals surface area contributed by atoms with E-state index < -0.39 is 5.97 Å². The number of nitrogens with one attached hydrogen (secondary N) is 1. The summed E-state index contributed by atoms with van der Waals surface area (Å²) < 4.78 is 15.4. The number of benzene rings is 2. The first-order valence-electron chi connectivity index (χ1n) is 9.88. The minimum absolute atomic E-state index is 0.149. The summed E-state index contributed by atoms with van der Waals surface area (Å²) in [6, 6.07) is 13.1. The molecule has 1 N–H and O–H groups in total. The SMILES string of the molecule is COc1ccc(OCC(=O)OCC(=O)N[C@@H](C)c2ccc3c(c2)CCCC3)cc1. The average molecular weight is 397 g/mol. The third-order valence-electron chi connectivity index (χ3n) is 5.03. The smallest absolute Gasteiger partial charge is 0.344 e. The van der Waals surface area contributed by atoms with Crippen LogP contribution in [0.25, 0.3) is 0 Å². The lowest BCUT2D eigenvalue weighted by Gasteiger charge is -2.20. The number of methoxy groups -OCH3 is 1. The van der Waals surface area contributed by atoms with Crippen molar-refractivity contribution in [2.45, 2.75) is 38.6 Å². The van der Waals surface area contributed by atoms with Crippen LogP contribution < -0.4 is 14.8 Å². The monoisotopic (exact) mass is 397 g/mol. The van der Waals surface area contributed by atoms with Crippen molar-refractivity contribution in [1.29, 1.82) is 0 Å². The van der Waals surface area contributed by atoms with Gasteiger partial charge in [-0.25, -0.2) is 4.79 Å². The fourth-order valence-electron chi connectivity index (χ4n) is 3.39. The van der Waals surface area contributed by atoms with Crippen molar-refractivity contribution in [1.82, 2.24) is 5.32 Å². The molecule has 0 radical (unpaired) electrons. The van der Waals surface area contributed by atoms with E-state index in [1.807, 2.05) is 6.92 Å². The van der Waals surface area contributed by atoms with Crippen molar-refractivity contribution in [3.63, 3.8) is 0 Å². The van der Waals surface area contributed by atoms with Gasteiger partial charge in [0.25, 0.3) is 5.91 Å². The highest BCUT2D eigenvalue weighted by molar-refractivity contribution is 5.81. The lowest BCUT2D eigenvalue weighted by atomic mass is 9.89. The second-order valence-corrected chi connectivity index (χ2v) is 7.15. The minimum atomic E-state index is -0.600. The Morgan fingerprint density at radius 1 is 0.966 bits per heavy atom. The number of amides is 1. The van der Waals surface area contributed by atoms with Crippen molar-refractivity contribution in [2.75, 3.05) is 20.3 Å². The molecular formula is C23H27NO5. The normalized spacial score (nSPS) is 13.7. The van der Waals surface area contributed by atoms with Gasteiger partial charge >= 0.3 is 5.97 Å². The van der Waals surface area contributed by atoms with Gasteiger partial charge in [0.1, 0.15) is 11.5 Å². The van der Waals surface area contributed by atoms with E-state index in [4.69, 9.17) is 14.2 Å². The molecule has 0 aromatic heterocycles. The molecule has 0 fully saturated rings. The Morgan fingerprint density at radius 2 is 1.66 bits per heavy atom. The van der Waals surface area contributed by atoms with Crippen LogP contribution in [0.15, 0.2) is 42.5 Å². The van der Waals surface area contributed by atoms with Gasteiger partial charge in [0.15, 0.2) is 13.2 Å². The number of esters is 1. The Bertz CT molecular complexity index is 847. The standard InChI is InChI=1S/C23H27NO5/c1-16(18-8-7-17-5-3-4-6-19(17)13-18)24-22(25)14-29-23(26)15-28-21-11-9-20(27-2)10-12-21/h7-13,16H,3-6,14-15H2,1-2H3,(H,24,25)/t16-/m0/s1. The molecule has 0 aliphatic heterocycles. The lowest BCUT2D eigenvalue weighted by molar-refractivity contribution is -0.150. The van der Waals surface area contributed by atoms with Crippen molar-refractivity contribution in [3.05, 3.63) is 59.2 Å². The quantitative estimate of drug-likeness (QED) is 0.692. The second kappa shape index (κ2) is 9.96. The van der Waals surface area contributed by atoms with Crippen LogP contribution in [-0.4, -0.2) is 32.2 Å². The topological polar surface area (TPSA) is 73.9 Å². The van der Waals surface area contributed by atoms with E-state index in [0.29, 0.717) is 11.5 Å². The van der Waals surface area contributed by atoms with E-state index >= 15 is 0 Å². The van der Waals surface area contributed by atoms with Gasteiger partial charge in [-0.15, -0.1) is 0 Å². The number of hydrogen-bond donors (Lipinski definition) is 1. The fourth-order valence-corrected chi connectivity index (χ4v) is 3.39. The highest BCUT2D eigenvalue weighted by atomic mass is 16.6. The van der Waals surface area contributed by atoms with Gasteiger partial charge in [0, 0.05) is 0 Å². The summed E-state index contributed by atoms with van der Waals surface area (Å²) in [5.41, 5.74) is 3.84. The zero-order valence-corrected chi connectivity index (χ0v) is 16.9. The zero-order valence-electron chi connectivity index (χ0n) is 16.9. The fraction of sp³-hybridized carbons (Fsp3) is 0.391. The average Bonchev–Trinajstić information content (AvgIpc) is 2.76. The van der Waals surface area contributed by atoms with Crippen LogP contribution in [-0.2, 0) is 27.2 Å². The number of rotatable bonds is 8. The van der Waals surface area contributed by atoms with Crippen LogP contribution in [0.4, 0.5) is 0 Å². The molecule has 0 heterocycles. The molecule has 1 atom stereocenters. The first kappa shape index (κ1) is 20.7. The molecule has 1 aliphatic rings. The maximum absolute atomic E-state index is 12.1. The van der Waals surface area contributed by atoms with Crippen LogP contribution in [0.2, 0.25) is 0 Å². The third-order valence-corrected chi connectivity index (χ3v) is 5.03. The molecule has 29 heavy (non-hydrogen) atoms. The summed E-state index contributed by atoms with van der Waals surface area (Å²) >= 11 is 0. The van der Waals surface area contributed by atoms with Gasteiger partial charge in [-0.1, -0.05) is 18.2 Å². The van der Waals surface area contributed by atoms with Crippen molar-refractivity contribution >= 4 is 11.9 Å². The summed E-state index contributed by atoms with van der Waals surface area (Å²) in [4.78, 5) is 23.9. The van der Waals surface area contributed by atoms with Crippen LogP contribution >= 0.6 is 0 Å². The number of fused-ring (bicyclic) bond motifs is 1. The van der Waals surface area contributed by atoms with Crippen LogP contribution in [0.1, 0.15) is 42.5 Å². The Kier molecular flexibility index (Phi) is 7.11. The Morgan fingerprint density at radius 3 is 2.38 bits per heavy atom. The summed E-state index contributed by atoms with van der Waals surface area (Å²) in [5.74, 6) is 0.281. The number of ether oxygens (including phenoxy) is 3. The van der Waals surface area contributed by atoms with Crippen LogP contribution in [0.5, 0.6) is 11.5 Å². The maximum atomic E-state index is 12.1. The molecule has 1 amide bonds. The molecule has 0 unspecified atom stereocenters. The molecule has 0 spiro atoms. The molecule has 2 aromatic rings. The number of carbonyl (C=O) groups excluding carboxylic acids is 2. The van der Waals surface area contributed by atoms with Crippen LogP contribution in [0, 0.1) is 0 Å². The molecule has 6 nitrogen and oxygen atoms in total. The Hall–Kier alpha value is -3.02. The van der Waals surface area contributed by atoms with Gasteiger partial charge in [-0.05, 0) is 73.6 Å². The molecule has 0 saturated carbocycles. The molecular weight excluding hydrogens is 370 g/mol. The maximum Gasteiger partial charge on any atom is 0.344 e. The molecule has 6 heteroatoms. The number of hydrogen-bond acceptors (Lipinski definition) is 5. The molecule has 3 rings (SSSR count). The predicted molar refractivity (Wildman–Crippen MR) is 109 cm³/mol. The minimum Gasteiger partial charge on any atom is -0.497 e.